The van der Waals surface area contributed by atoms with Crippen molar-refractivity contribution in [1.82, 2.24) is 14.5 Å². The minimum atomic E-state index is -0.274. The van der Waals surface area contributed by atoms with Crippen LogP contribution in [0.2, 0.25) is 0 Å². The van der Waals surface area contributed by atoms with Crippen molar-refractivity contribution in [3.05, 3.63) is 63.6 Å². The number of benzene rings is 2. The van der Waals surface area contributed by atoms with Gasteiger partial charge in [-0.05, 0) is 61.6 Å². The monoisotopic (exact) mass is 473 g/mol. The van der Waals surface area contributed by atoms with Crippen LogP contribution >= 0.6 is 15.9 Å². The van der Waals surface area contributed by atoms with Crippen LogP contribution in [0.25, 0.3) is 11.0 Å². The molecule has 160 valence electrons. The number of amides is 1. The van der Waals surface area contributed by atoms with E-state index in [1.165, 1.54) is 12.1 Å². The molecule has 0 radical (unpaired) electrons. The van der Waals surface area contributed by atoms with Crippen LogP contribution in [0.4, 0.5) is 4.39 Å². The number of halogens is 2. The molecule has 1 aromatic heterocycles. The summed E-state index contributed by atoms with van der Waals surface area (Å²) in [7, 11) is 0. The first kappa shape index (κ1) is 22.5. The summed E-state index contributed by atoms with van der Waals surface area (Å²) in [4.78, 5) is 20.0. The molecular formula is C24H29BrFN3O. The number of carbonyl (C=O) groups excluding carboxylic acids is 1. The normalized spacial score (nSPS) is 11.4. The fourth-order valence-electron chi connectivity index (χ4n) is 3.49. The molecule has 1 heterocycles. The summed E-state index contributed by atoms with van der Waals surface area (Å²) in [6.45, 7) is 10.2. The molecule has 0 N–H and O–H groups in total. The van der Waals surface area contributed by atoms with E-state index in [1.54, 1.807) is 6.07 Å². The molecule has 0 bridgehead atoms. The van der Waals surface area contributed by atoms with E-state index in [9.17, 15) is 9.18 Å². The highest BCUT2D eigenvalue weighted by Crippen LogP contribution is 2.22. The third kappa shape index (κ3) is 5.09. The molecule has 0 saturated heterocycles. The van der Waals surface area contributed by atoms with Crippen LogP contribution in [-0.4, -0.2) is 26.9 Å². The standard InChI is InChI=1S/C24H29BrFN3O/c1-5-11-29-22-14-19(26)8-9-21(22)27-23(29)15-28(12-10-16(2)3)24(30)18-7-6-17(4)20(25)13-18/h6-9,13-14,16H,5,10-12,15H2,1-4H3. The third-order valence-electron chi connectivity index (χ3n) is 5.25. The molecule has 4 nitrogen and oxygen atoms in total. The highest BCUT2D eigenvalue weighted by atomic mass is 79.9. The van der Waals surface area contributed by atoms with E-state index in [2.05, 4.69) is 36.7 Å². The highest BCUT2D eigenvalue weighted by Gasteiger charge is 2.21. The molecule has 6 heteroatoms. The Labute approximate surface area is 186 Å². The van der Waals surface area contributed by atoms with Gasteiger partial charge in [0.15, 0.2) is 0 Å². The van der Waals surface area contributed by atoms with Crippen molar-refractivity contribution in [2.45, 2.75) is 53.6 Å². The summed E-state index contributed by atoms with van der Waals surface area (Å²) < 4.78 is 16.8. The SMILES string of the molecule is CCCn1c(CN(CCC(C)C)C(=O)c2ccc(C)c(Br)c2)nc2ccc(F)cc21. The van der Waals surface area contributed by atoms with Gasteiger partial charge in [-0.1, -0.05) is 42.8 Å². The van der Waals surface area contributed by atoms with Crippen molar-refractivity contribution in [2.75, 3.05) is 6.54 Å². The molecule has 0 atom stereocenters. The van der Waals surface area contributed by atoms with E-state index >= 15 is 0 Å². The Morgan fingerprint density at radius 3 is 2.67 bits per heavy atom. The second-order valence-corrected chi connectivity index (χ2v) is 9.04. The quantitative estimate of drug-likeness (QED) is 0.382. The molecular weight excluding hydrogens is 445 g/mol. The van der Waals surface area contributed by atoms with Crippen molar-refractivity contribution < 1.29 is 9.18 Å². The molecule has 0 saturated carbocycles. The van der Waals surface area contributed by atoms with Crippen molar-refractivity contribution in [1.29, 1.82) is 0 Å². The Hall–Kier alpha value is -2.21. The molecule has 0 spiro atoms. The minimum Gasteiger partial charge on any atom is -0.331 e. The maximum absolute atomic E-state index is 13.8. The van der Waals surface area contributed by atoms with Gasteiger partial charge in [0.2, 0.25) is 0 Å². The van der Waals surface area contributed by atoms with Gasteiger partial charge in [-0.25, -0.2) is 9.37 Å². The van der Waals surface area contributed by atoms with Crippen LogP contribution in [-0.2, 0) is 13.1 Å². The zero-order valence-electron chi connectivity index (χ0n) is 18.1. The number of rotatable bonds is 8. The smallest absolute Gasteiger partial charge is 0.254 e. The molecule has 3 rings (SSSR count). The lowest BCUT2D eigenvalue weighted by atomic mass is 10.1. The molecule has 2 aromatic carbocycles. The lowest BCUT2D eigenvalue weighted by Gasteiger charge is -2.24. The van der Waals surface area contributed by atoms with Gasteiger partial charge in [-0.15, -0.1) is 0 Å². The van der Waals surface area contributed by atoms with E-state index in [-0.39, 0.29) is 11.7 Å². The first-order valence-corrected chi connectivity index (χ1v) is 11.3. The molecule has 0 aliphatic heterocycles. The zero-order chi connectivity index (χ0) is 21.8. The van der Waals surface area contributed by atoms with Crippen molar-refractivity contribution in [3.8, 4) is 0 Å². The van der Waals surface area contributed by atoms with Crippen LogP contribution in [0.5, 0.6) is 0 Å². The molecule has 0 fully saturated rings. The Balaban J connectivity index is 1.97. The lowest BCUT2D eigenvalue weighted by Crippen LogP contribution is -2.33. The van der Waals surface area contributed by atoms with Crippen molar-refractivity contribution in [3.63, 3.8) is 0 Å². The van der Waals surface area contributed by atoms with Gasteiger partial charge in [-0.2, -0.15) is 0 Å². The Kier molecular flexibility index (Phi) is 7.29. The van der Waals surface area contributed by atoms with Crippen LogP contribution in [0.15, 0.2) is 40.9 Å². The summed E-state index contributed by atoms with van der Waals surface area (Å²) in [6.07, 6.45) is 1.81. The average molecular weight is 474 g/mol. The second kappa shape index (κ2) is 9.73. The molecule has 30 heavy (non-hydrogen) atoms. The van der Waals surface area contributed by atoms with E-state index in [0.717, 1.165) is 46.3 Å². The number of hydrogen-bond donors (Lipinski definition) is 0. The fourth-order valence-corrected chi connectivity index (χ4v) is 3.86. The molecule has 1 amide bonds. The summed E-state index contributed by atoms with van der Waals surface area (Å²) in [5, 5.41) is 0. The molecule has 0 aliphatic carbocycles. The van der Waals surface area contributed by atoms with E-state index in [4.69, 9.17) is 4.98 Å². The molecule has 3 aromatic rings. The van der Waals surface area contributed by atoms with Gasteiger partial charge < -0.3 is 9.47 Å². The number of imidazole rings is 1. The van der Waals surface area contributed by atoms with Crippen molar-refractivity contribution in [2.24, 2.45) is 5.92 Å². The molecule has 0 aliphatic rings. The van der Waals surface area contributed by atoms with Crippen LogP contribution in [0, 0.1) is 18.7 Å². The summed E-state index contributed by atoms with van der Waals surface area (Å²) in [5.74, 6) is 0.982. The Morgan fingerprint density at radius 1 is 1.23 bits per heavy atom. The molecule has 0 unspecified atom stereocenters. The number of hydrogen-bond acceptors (Lipinski definition) is 2. The zero-order valence-corrected chi connectivity index (χ0v) is 19.7. The van der Waals surface area contributed by atoms with Crippen LogP contribution in [0.3, 0.4) is 0 Å². The van der Waals surface area contributed by atoms with E-state index < -0.39 is 0 Å². The van der Waals surface area contributed by atoms with Gasteiger partial charge in [-0.3, -0.25) is 4.79 Å². The summed E-state index contributed by atoms with van der Waals surface area (Å²) in [6, 6.07) is 10.4. The first-order valence-electron chi connectivity index (χ1n) is 10.5. The second-order valence-electron chi connectivity index (χ2n) is 8.19. The predicted octanol–water partition coefficient (Wildman–Crippen LogP) is 6.34. The maximum atomic E-state index is 13.8. The Morgan fingerprint density at radius 2 is 2.00 bits per heavy atom. The topological polar surface area (TPSA) is 38.1 Å². The largest absolute Gasteiger partial charge is 0.331 e. The van der Waals surface area contributed by atoms with Crippen molar-refractivity contribution >= 4 is 32.9 Å². The predicted molar refractivity (Wildman–Crippen MR) is 123 cm³/mol. The number of aromatic nitrogens is 2. The van der Waals surface area contributed by atoms with Gasteiger partial charge in [0.1, 0.15) is 11.6 Å². The minimum absolute atomic E-state index is 0.0161. The highest BCUT2D eigenvalue weighted by molar-refractivity contribution is 9.10. The number of fused-ring (bicyclic) bond motifs is 1. The van der Waals surface area contributed by atoms with Gasteiger partial charge >= 0.3 is 0 Å². The van der Waals surface area contributed by atoms with E-state index in [0.29, 0.717) is 24.6 Å². The van der Waals surface area contributed by atoms with Gasteiger partial charge in [0.25, 0.3) is 5.91 Å². The average Bonchev–Trinajstić information content (AvgIpc) is 3.03. The number of carbonyl (C=O) groups is 1. The number of aryl methyl sites for hydroxylation is 2. The van der Waals surface area contributed by atoms with Crippen LogP contribution in [0.1, 0.15) is 55.4 Å². The van der Waals surface area contributed by atoms with Crippen LogP contribution < -0.4 is 0 Å². The van der Waals surface area contributed by atoms with Gasteiger partial charge in [0.05, 0.1) is 17.6 Å². The Bertz CT molecular complexity index is 1040. The van der Waals surface area contributed by atoms with Gasteiger partial charge in [0, 0.05) is 23.1 Å². The third-order valence-corrected chi connectivity index (χ3v) is 6.11. The summed E-state index contributed by atoms with van der Waals surface area (Å²) >= 11 is 3.53. The van der Waals surface area contributed by atoms with E-state index in [1.807, 2.05) is 34.6 Å². The number of nitrogens with zero attached hydrogens (tertiary/aromatic N) is 3. The summed E-state index contributed by atoms with van der Waals surface area (Å²) in [5.41, 5.74) is 3.28. The fraction of sp³-hybridized carbons (Fsp3) is 0.417. The maximum Gasteiger partial charge on any atom is 0.254 e. The first-order chi connectivity index (χ1) is 14.3. The lowest BCUT2D eigenvalue weighted by molar-refractivity contribution is 0.0729.